The van der Waals surface area contributed by atoms with Gasteiger partial charge in [-0.15, -0.1) is 0 Å². The molecule has 0 fully saturated rings. The van der Waals surface area contributed by atoms with Crippen LogP contribution in [0, 0.1) is 0 Å². The van der Waals surface area contributed by atoms with Crippen LogP contribution in [0.4, 0.5) is 11.4 Å². The highest BCUT2D eigenvalue weighted by Gasteiger charge is 2.38. The highest BCUT2D eigenvalue weighted by molar-refractivity contribution is 5.93. The quantitative estimate of drug-likeness (QED) is 0.186. The number of fused-ring (bicyclic) bond motifs is 5. The van der Waals surface area contributed by atoms with E-state index in [9.17, 15) is 0 Å². The zero-order valence-electron chi connectivity index (χ0n) is 27.8. The maximum atomic E-state index is 5.21. The average molecular weight is 653 g/mol. The van der Waals surface area contributed by atoms with E-state index in [1.165, 1.54) is 38.5 Å². The van der Waals surface area contributed by atoms with E-state index in [2.05, 4.69) is 169 Å². The van der Waals surface area contributed by atoms with Crippen molar-refractivity contribution in [2.45, 2.75) is 12.0 Å². The molecule has 4 heteroatoms. The standard InChI is InChI=1S/C47H32N4/c1-2-13-32(14-3-1)45-48-46(38-27-26-36-29-35(24-25-37(36)30-38)34-23-22-31-12-4-5-15-33(31)28-34)50-47(49-45)41-18-8-11-21-44(41)51-42-19-9-6-16-39(42)40-17-7-10-20-43(40)51/h1-30,39,42H. The Kier molecular flexibility index (Phi) is 6.91. The third-order valence-corrected chi connectivity index (χ3v) is 10.2. The lowest BCUT2D eigenvalue weighted by Crippen LogP contribution is -2.29. The van der Waals surface area contributed by atoms with Gasteiger partial charge < -0.3 is 4.90 Å². The van der Waals surface area contributed by atoms with Gasteiger partial charge in [0.2, 0.25) is 0 Å². The van der Waals surface area contributed by atoms with Gasteiger partial charge in [-0.2, -0.15) is 0 Å². The number of rotatable bonds is 5. The summed E-state index contributed by atoms with van der Waals surface area (Å²) in [4.78, 5) is 17.9. The molecule has 2 heterocycles. The third kappa shape index (κ3) is 5.12. The second-order valence-electron chi connectivity index (χ2n) is 13.2. The summed E-state index contributed by atoms with van der Waals surface area (Å²) in [5.41, 5.74) is 8.90. The van der Waals surface area contributed by atoms with Crippen molar-refractivity contribution in [2.24, 2.45) is 0 Å². The highest BCUT2D eigenvalue weighted by Crippen LogP contribution is 2.49. The molecule has 0 N–H and O–H groups in total. The minimum atomic E-state index is 0.170. The van der Waals surface area contributed by atoms with Gasteiger partial charge in [0.15, 0.2) is 17.5 Å². The first-order valence-corrected chi connectivity index (χ1v) is 17.4. The summed E-state index contributed by atoms with van der Waals surface area (Å²) < 4.78 is 0. The van der Waals surface area contributed by atoms with Gasteiger partial charge in [-0.1, -0.05) is 146 Å². The fourth-order valence-electron chi connectivity index (χ4n) is 7.72. The molecule has 1 aromatic heterocycles. The van der Waals surface area contributed by atoms with Crippen LogP contribution in [0.1, 0.15) is 11.5 Å². The van der Waals surface area contributed by atoms with E-state index in [1.54, 1.807) is 0 Å². The molecule has 51 heavy (non-hydrogen) atoms. The molecule has 1 aliphatic carbocycles. The van der Waals surface area contributed by atoms with Crippen molar-refractivity contribution in [3.8, 4) is 45.3 Å². The van der Waals surface area contributed by atoms with Crippen molar-refractivity contribution >= 4 is 32.9 Å². The van der Waals surface area contributed by atoms with Crippen molar-refractivity contribution in [2.75, 3.05) is 4.90 Å². The largest absolute Gasteiger partial charge is 0.333 e. The number of nitrogens with zero attached hydrogens (tertiary/aromatic N) is 4. The van der Waals surface area contributed by atoms with Gasteiger partial charge in [-0.25, -0.2) is 15.0 Å². The monoisotopic (exact) mass is 652 g/mol. The topological polar surface area (TPSA) is 41.9 Å². The molecule has 0 bridgehead atoms. The molecule has 2 unspecified atom stereocenters. The summed E-state index contributed by atoms with van der Waals surface area (Å²) in [6.07, 6.45) is 8.93. The van der Waals surface area contributed by atoms with Crippen molar-refractivity contribution in [1.29, 1.82) is 0 Å². The zero-order chi connectivity index (χ0) is 33.7. The van der Waals surface area contributed by atoms with Crippen LogP contribution in [0.3, 0.4) is 0 Å². The van der Waals surface area contributed by atoms with Gasteiger partial charge in [0.25, 0.3) is 0 Å². The number of anilines is 2. The number of hydrogen-bond donors (Lipinski definition) is 0. The van der Waals surface area contributed by atoms with Crippen molar-refractivity contribution < 1.29 is 0 Å². The molecule has 10 rings (SSSR count). The lowest BCUT2D eigenvalue weighted by Gasteiger charge is -2.30. The van der Waals surface area contributed by atoms with E-state index in [0.717, 1.165) is 27.8 Å². The Balaban J connectivity index is 1.09. The fourth-order valence-corrected chi connectivity index (χ4v) is 7.72. The van der Waals surface area contributed by atoms with Gasteiger partial charge in [-0.3, -0.25) is 0 Å². The second kappa shape index (κ2) is 12.0. The molecular weight excluding hydrogens is 621 g/mol. The summed E-state index contributed by atoms with van der Waals surface area (Å²) in [6.45, 7) is 0. The number of allylic oxidation sites excluding steroid dienone is 2. The van der Waals surface area contributed by atoms with Crippen LogP contribution >= 0.6 is 0 Å². The SMILES string of the molecule is C1=CC2c3ccccc3N(c3ccccc3-c3nc(-c4ccccc4)nc(-c4ccc5cc(-c6ccc7ccccc7c6)ccc5c4)n3)C2C=C1. The molecule has 8 aromatic rings. The number of benzene rings is 7. The molecule has 0 spiro atoms. The molecule has 2 aliphatic rings. The molecule has 7 aromatic carbocycles. The van der Waals surface area contributed by atoms with Crippen LogP contribution in [0.15, 0.2) is 182 Å². The summed E-state index contributed by atoms with van der Waals surface area (Å²) >= 11 is 0. The van der Waals surface area contributed by atoms with Gasteiger partial charge in [-0.05, 0) is 74.6 Å². The molecule has 0 amide bonds. The maximum Gasteiger partial charge on any atom is 0.166 e. The van der Waals surface area contributed by atoms with E-state index in [-0.39, 0.29) is 12.0 Å². The smallest absolute Gasteiger partial charge is 0.166 e. The molecule has 0 saturated carbocycles. The van der Waals surface area contributed by atoms with E-state index < -0.39 is 0 Å². The van der Waals surface area contributed by atoms with Gasteiger partial charge in [0.05, 0.1) is 11.7 Å². The summed E-state index contributed by atoms with van der Waals surface area (Å²) in [5.74, 6) is 2.23. The first-order chi connectivity index (χ1) is 25.3. The molecule has 0 saturated heterocycles. The lowest BCUT2D eigenvalue weighted by molar-refractivity contribution is 0.745. The Morgan fingerprint density at radius 3 is 1.75 bits per heavy atom. The number of aromatic nitrogens is 3. The molecule has 4 nitrogen and oxygen atoms in total. The van der Waals surface area contributed by atoms with E-state index in [4.69, 9.17) is 15.0 Å². The number of para-hydroxylation sites is 2. The molecule has 240 valence electrons. The maximum absolute atomic E-state index is 5.21. The average Bonchev–Trinajstić information content (AvgIpc) is 3.54. The first kappa shape index (κ1) is 29.3. The fraction of sp³-hybridized carbons (Fsp3) is 0.0426. The van der Waals surface area contributed by atoms with Crippen molar-refractivity contribution in [3.63, 3.8) is 0 Å². The van der Waals surface area contributed by atoms with E-state index >= 15 is 0 Å². The highest BCUT2D eigenvalue weighted by atomic mass is 15.2. The van der Waals surface area contributed by atoms with E-state index in [0.29, 0.717) is 17.5 Å². The Morgan fingerprint density at radius 2 is 0.941 bits per heavy atom. The summed E-state index contributed by atoms with van der Waals surface area (Å²) in [5, 5.41) is 4.80. The van der Waals surface area contributed by atoms with Crippen LogP contribution < -0.4 is 4.90 Å². The van der Waals surface area contributed by atoms with Crippen LogP contribution in [-0.4, -0.2) is 21.0 Å². The Labute approximate surface area is 296 Å². The van der Waals surface area contributed by atoms with E-state index in [1.807, 2.05) is 18.2 Å². The normalized spacial score (nSPS) is 16.0. The molecule has 0 radical (unpaired) electrons. The Morgan fingerprint density at radius 1 is 0.392 bits per heavy atom. The summed E-state index contributed by atoms with van der Waals surface area (Å²) in [7, 11) is 0. The summed E-state index contributed by atoms with van der Waals surface area (Å²) in [6, 6.07) is 55.9. The van der Waals surface area contributed by atoms with Crippen LogP contribution in [-0.2, 0) is 0 Å². The third-order valence-electron chi connectivity index (χ3n) is 10.2. The second-order valence-corrected chi connectivity index (χ2v) is 13.2. The lowest BCUT2D eigenvalue weighted by atomic mass is 9.91. The molecule has 2 atom stereocenters. The minimum absolute atomic E-state index is 0.170. The number of hydrogen-bond acceptors (Lipinski definition) is 4. The predicted octanol–water partition coefficient (Wildman–Crippen LogP) is 11.6. The minimum Gasteiger partial charge on any atom is -0.333 e. The van der Waals surface area contributed by atoms with Gasteiger partial charge in [0, 0.05) is 28.3 Å². The van der Waals surface area contributed by atoms with Crippen LogP contribution in [0.2, 0.25) is 0 Å². The molecule has 1 aliphatic heterocycles. The zero-order valence-corrected chi connectivity index (χ0v) is 27.8. The van der Waals surface area contributed by atoms with Gasteiger partial charge in [0.1, 0.15) is 0 Å². The first-order valence-electron chi connectivity index (χ1n) is 17.4. The van der Waals surface area contributed by atoms with Crippen LogP contribution in [0.25, 0.3) is 66.8 Å². The van der Waals surface area contributed by atoms with Gasteiger partial charge >= 0.3 is 0 Å². The van der Waals surface area contributed by atoms with Crippen molar-refractivity contribution in [3.05, 3.63) is 188 Å². The Hall–Kier alpha value is -6.65. The van der Waals surface area contributed by atoms with Crippen LogP contribution in [0.5, 0.6) is 0 Å². The van der Waals surface area contributed by atoms with Crippen molar-refractivity contribution in [1.82, 2.24) is 15.0 Å². The Bertz CT molecular complexity index is 2680. The molecular formula is C47H32N4. The predicted molar refractivity (Wildman–Crippen MR) is 210 cm³/mol.